The molecule has 2 aromatic heterocycles. The second-order valence-electron chi connectivity index (χ2n) is 7.19. The van der Waals surface area contributed by atoms with E-state index >= 15 is 0 Å². The third kappa shape index (κ3) is 2.94. The number of halogens is 1. The van der Waals surface area contributed by atoms with E-state index in [0.717, 1.165) is 25.7 Å². The highest BCUT2D eigenvalue weighted by atomic mass is 19.1. The van der Waals surface area contributed by atoms with E-state index in [1.165, 1.54) is 4.52 Å². The average molecular weight is 375 g/mol. The van der Waals surface area contributed by atoms with Crippen LogP contribution in [0.3, 0.4) is 0 Å². The standard InChI is InChI=1S/C18H22FN5O3/c1-23(10-4-2-3-5-10)18-12-7-6-11(24(12)22-14(8-20)21-18)17-15(19)16(26)13(9-25)27-17/h6-7,10,13,15-17,25-26H,2-5,9H2,1H3/t13-,15+,16-,17+/m1/s1. The van der Waals surface area contributed by atoms with Crippen LogP contribution in [-0.2, 0) is 4.74 Å². The van der Waals surface area contributed by atoms with Crippen molar-refractivity contribution in [3.63, 3.8) is 0 Å². The highest BCUT2D eigenvalue weighted by Crippen LogP contribution is 2.37. The second-order valence-corrected chi connectivity index (χ2v) is 7.19. The van der Waals surface area contributed by atoms with Crippen LogP contribution in [0.5, 0.6) is 0 Å². The number of hydrogen-bond donors (Lipinski definition) is 2. The second kappa shape index (κ2) is 7.03. The quantitative estimate of drug-likeness (QED) is 0.824. The van der Waals surface area contributed by atoms with Crippen molar-refractivity contribution in [1.82, 2.24) is 14.6 Å². The summed E-state index contributed by atoms with van der Waals surface area (Å²) in [4.78, 5) is 6.44. The molecule has 2 aromatic rings. The summed E-state index contributed by atoms with van der Waals surface area (Å²) in [5, 5.41) is 32.7. The molecule has 0 unspecified atom stereocenters. The Morgan fingerprint density at radius 3 is 2.78 bits per heavy atom. The first-order chi connectivity index (χ1) is 13.0. The summed E-state index contributed by atoms with van der Waals surface area (Å²) in [6.45, 7) is -0.477. The van der Waals surface area contributed by atoms with Crippen LogP contribution in [0.25, 0.3) is 5.52 Å². The SMILES string of the molecule is CN(c1nc(C#N)nn2c([C@@H]3O[C@H](CO)[C@@H](O)[C@@H]3F)ccc12)C1CCCC1. The molecule has 3 heterocycles. The van der Waals surface area contributed by atoms with Gasteiger partial charge in [0.05, 0.1) is 12.3 Å². The first kappa shape index (κ1) is 18.1. The lowest BCUT2D eigenvalue weighted by molar-refractivity contribution is -0.0241. The number of aliphatic hydroxyl groups excluding tert-OH is 2. The summed E-state index contributed by atoms with van der Waals surface area (Å²) >= 11 is 0. The Hall–Kier alpha value is -2.28. The van der Waals surface area contributed by atoms with Gasteiger partial charge in [0.2, 0.25) is 0 Å². The van der Waals surface area contributed by atoms with Crippen LogP contribution in [0.15, 0.2) is 12.1 Å². The molecule has 0 radical (unpaired) electrons. The molecule has 1 saturated carbocycles. The number of aromatic nitrogens is 3. The van der Waals surface area contributed by atoms with Gasteiger partial charge in [0, 0.05) is 13.1 Å². The molecule has 1 aliphatic carbocycles. The Labute approximate surface area is 155 Å². The lowest BCUT2D eigenvalue weighted by Crippen LogP contribution is -2.31. The molecule has 144 valence electrons. The molecular weight excluding hydrogens is 353 g/mol. The van der Waals surface area contributed by atoms with Gasteiger partial charge in [-0.05, 0) is 25.0 Å². The minimum atomic E-state index is -1.70. The number of hydrogen-bond acceptors (Lipinski definition) is 7. The normalized spacial score (nSPS) is 28.7. The van der Waals surface area contributed by atoms with E-state index in [0.29, 0.717) is 23.1 Å². The molecule has 1 saturated heterocycles. The zero-order valence-electron chi connectivity index (χ0n) is 15.0. The van der Waals surface area contributed by atoms with Gasteiger partial charge in [-0.2, -0.15) is 10.2 Å². The smallest absolute Gasteiger partial charge is 0.253 e. The number of ether oxygens (including phenoxy) is 1. The van der Waals surface area contributed by atoms with Crippen LogP contribution in [0, 0.1) is 11.3 Å². The Morgan fingerprint density at radius 2 is 2.15 bits per heavy atom. The van der Waals surface area contributed by atoms with Crippen LogP contribution in [0.1, 0.15) is 43.3 Å². The monoisotopic (exact) mass is 375 g/mol. The predicted molar refractivity (Wildman–Crippen MR) is 94.0 cm³/mol. The number of rotatable bonds is 4. The Kier molecular flexibility index (Phi) is 4.72. The van der Waals surface area contributed by atoms with E-state index < -0.39 is 31.1 Å². The van der Waals surface area contributed by atoms with Crippen molar-refractivity contribution in [1.29, 1.82) is 5.26 Å². The van der Waals surface area contributed by atoms with Crippen molar-refractivity contribution in [3.05, 3.63) is 23.7 Å². The number of aliphatic hydroxyl groups is 2. The molecule has 0 spiro atoms. The van der Waals surface area contributed by atoms with E-state index in [9.17, 15) is 19.9 Å². The van der Waals surface area contributed by atoms with Crippen molar-refractivity contribution in [2.24, 2.45) is 0 Å². The molecule has 1 aliphatic heterocycles. The predicted octanol–water partition coefficient (Wildman–Crippen LogP) is 1.11. The summed E-state index contributed by atoms with van der Waals surface area (Å²) in [6.07, 6.45) is -0.740. The summed E-state index contributed by atoms with van der Waals surface area (Å²) < 4.78 is 21.6. The van der Waals surface area contributed by atoms with Crippen LogP contribution in [0.4, 0.5) is 10.2 Å². The van der Waals surface area contributed by atoms with E-state index in [-0.39, 0.29) is 5.82 Å². The molecule has 4 rings (SSSR count). The molecule has 2 fully saturated rings. The Bertz CT molecular complexity index is 876. The van der Waals surface area contributed by atoms with Gasteiger partial charge < -0.3 is 19.8 Å². The van der Waals surface area contributed by atoms with Gasteiger partial charge in [0.25, 0.3) is 5.82 Å². The Morgan fingerprint density at radius 1 is 1.41 bits per heavy atom. The summed E-state index contributed by atoms with van der Waals surface area (Å²) in [5.41, 5.74) is 1.03. The highest BCUT2D eigenvalue weighted by Gasteiger charge is 2.45. The fourth-order valence-corrected chi connectivity index (χ4v) is 4.10. The molecule has 4 atom stereocenters. The van der Waals surface area contributed by atoms with Gasteiger partial charge in [0.15, 0.2) is 12.0 Å². The number of fused-ring (bicyclic) bond motifs is 1. The third-order valence-electron chi connectivity index (χ3n) is 5.62. The lowest BCUT2D eigenvalue weighted by Gasteiger charge is -2.26. The molecule has 8 nitrogen and oxygen atoms in total. The average Bonchev–Trinajstić information content (AvgIpc) is 3.41. The van der Waals surface area contributed by atoms with E-state index in [2.05, 4.69) is 15.0 Å². The van der Waals surface area contributed by atoms with Gasteiger partial charge >= 0.3 is 0 Å². The number of nitriles is 1. The van der Waals surface area contributed by atoms with Crippen LogP contribution in [-0.4, -0.2) is 62.9 Å². The molecule has 0 aromatic carbocycles. The molecule has 27 heavy (non-hydrogen) atoms. The van der Waals surface area contributed by atoms with Crippen molar-refractivity contribution < 1.29 is 19.3 Å². The fourth-order valence-electron chi connectivity index (χ4n) is 4.10. The Balaban J connectivity index is 1.78. The topological polar surface area (TPSA) is 107 Å². The molecular formula is C18H22FN5O3. The van der Waals surface area contributed by atoms with Crippen LogP contribution in [0.2, 0.25) is 0 Å². The van der Waals surface area contributed by atoms with Crippen molar-refractivity contribution in [3.8, 4) is 6.07 Å². The zero-order valence-corrected chi connectivity index (χ0v) is 15.0. The summed E-state index contributed by atoms with van der Waals surface area (Å²) in [6, 6.07) is 5.73. The minimum absolute atomic E-state index is 0.0209. The van der Waals surface area contributed by atoms with Crippen LogP contribution < -0.4 is 4.90 Å². The maximum absolute atomic E-state index is 14.6. The van der Waals surface area contributed by atoms with Gasteiger partial charge in [0.1, 0.15) is 29.9 Å². The van der Waals surface area contributed by atoms with Gasteiger partial charge in [-0.3, -0.25) is 0 Å². The van der Waals surface area contributed by atoms with Gasteiger partial charge in [-0.15, -0.1) is 5.10 Å². The largest absolute Gasteiger partial charge is 0.394 e. The van der Waals surface area contributed by atoms with E-state index in [1.54, 1.807) is 12.1 Å². The number of anilines is 1. The van der Waals surface area contributed by atoms with Crippen LogP contribution >= 0.6 is 0 Å². The minimum Gasteiger partial charge on any atom is -0.394 e. The first-order valence-corrected chi connectivity index (χ1v) is 9.16. The van der Waals surface area contributed by atoms with Crippen molar-refractivity contribution in [2.75, 3.05) is 18.6 Å². The number of alkyl halides is 1. The highest BCUT2D eigenvalue weighted by molar-refractivity contribution is 5.70. The fraction of sp³-hybridized carbons (Fsp3) is 0.611. The van der Waals surface area contributed by atoms with E-state index in [1.807, 2.05) is 13.1 Å². The summed E-state index contributed by atoms with van der Waals surface area (Å²) in [5.74, 6) is 0.597. The van der Waals surface area contributed by atoms with Gasteiger partial charge in [-0.1, -0.05) is 12.8 Å². The maximum atomic E-state index is 14.6. The number of nitrogens with zero attached hydrogens (tertiary/aromatic N) is 5. The first-order valence-electron chi connectivity index (χ1n) is 9.16. The molecule has 2 N–H and O–H groups in total. The molecule has 0 amide bonds. The van der Waals surface area contributed by atoms with Crippen molar-refractivity contribution in [2.45, 2.75) is 56.2 Å². The third-order valence-corrected chi connectivity index (χ3v) is 5.62. The molecule has 2 aliphatic rings. The lowest BCUT2D eigenvalue weighted by atomic mass is 10.1. The van der Waals surface area contributed by atoms with Crippen molar-refractivity contribution >= 4 is 11.3 Å². The molecule has 9 heteroatoms. The van der Waals surface area contributed by atoms with Gasteiger partial charge in [-0.25, -0.2) is 8.91 Å². The summed E-state index contributed by atoms with van der Waals surface area (Å²) in [7, 11) is 1.95. The van der Waals surface area contributed by atoms with E-state index in [4.69, 9.17) is 4.74 Å². The zero-order chi connectivity index (χ0) is 19.1. The molecule has 0 bridgehead atoms. The maximum Gasteiger partial charge on any atom is 0.253 e.